The van der Waals surface area contributed by atoms with Gasteiger partial charge in [-0.05, 0) is 47.4 Å². The van der Waals surface area contributed by atoms with Gasteiger partial charge >= 0.3 is 17.9 Å². The van der Waals surface area contributed by atoms with Gasteiger partial charge in [-0.2, -0.15) is 13.2 Å². The molecule has 7 nitrogen and oxygen atoms in total. The zero-order valence-electron chi connectivity index (χ0n) is 18.6. The standard InChI is InChI=1S/C24H17Cl2F3N2O5/c1-11(20(24(27,28)29)12-3-7-18-17(9-12)31(2)23(34)36-18)14-5-4-13(10-16(14)25)35-19-8-6-15(22(32)33)21(26)30-19/h3-11,20H,1-2H3,(H,32,33). The molecular formula is C24H17Cl2F3N2O5. The Balaban J connectivity index is 1.66. The molecule has 0 fully saturated rings. The van der Waals surface area contributed by atoms with Crippen LogP contribution in [0.25, 0.3) is 11.1 Å². The summed E-state index contributed by atoms with van der Waals surface area (Å²) in [4.78, 5) is 26.7. The third-order valence-corrected chi connectivity index (χ3v) is 6.38. The zero-order chi connectivity index (χ0) is 26.4. The van der Waals surface area contributed by atoms with Gasteiger partial charge in [0.2, 0.25) is 5.88 Å². The number of aryl methyl sites for hydroxylation is 1. The maximum Gasteiger partial charge on any atom is 0.419 e. The summed E-state index contributed by atoms with van der Waals surface area (Å²) in [5, 5.41) is 8.78. The summed E-state index contributed by atoms with van der Waals surface area (Å²) < 4.78 is 54.5. The van der Waals surface area contributed by atoms with Crippen LogP contribution in [0.15, 0.2) is 57.7 Å². The van der Waals surface area contributed by atoms with Crippen LogP contribution in [0, 0.1) is 0 Å². The Kier molecular flexibility index (Phi) is 6.76. The molecule has 2 aromatic carbocycles. The average molecular weight is 541 g/mol. The minimum Gasteiger partial charge on any atom is -0.478 e. The van der Waals surface area contributed by atoms with Gasteiger partial charge in [0.25, 0.3) is 0 Å². The Morgan fingerprint density at radius 1 is 1.14 bits per heavy atom. The number of aromatic carboxylic acids is 1. The highest BCUT2D eigenvalue weighted by Gasteiger charge is 2.45. The first-order valence-corrected chi connectivity index (χ1v) is 11.2. The van der Waals surface area contributed by atoms with Gasteiger partial charge in [0.05, 0.1) is 17.0 Å². The van der Waals surface area contributed by atoms with E-state index >= 15 is 0 Å². The van der Waals surface area contributed by atoms with E-state index in [1.807, 2.05) is 0 Å². The van der Waals surface area contributed by atoms with E-state index in [-0.39, 0.29) is 49.6 Å². The largest absolute Gasteiger partial charge is 0.478 e. The molecule has 0 aliphatic heterocycles. The Labute approximate surface area is 211 Å². The van der Waals surface area contributed by atoms with Crippen molar-refractivity contribution < 1.29 is 32.2 Å². The molecule has 12 heteroatoms. The summed E-state index contributed by atoms with van der Waals surface area (Å²) in [6, 6.07) is 10.6. The lowest BCUT2D eigenvalue weighted by Crippen LogP contribution is -2.26. The predicted molar refractivity (Wildman–Crippen MR) is 126 cm³/mol. The highest BCUT2D eigenvalue weighted by Crippen LogP contribution is 2.47. The predicted octanol–water partition coefficient (Wildman–Crippen LogP) is 6.77. The number of halogens is 5. The van der Waals surface area contributed by atoms with Gasteiger partial charge in [0.1, 0.15) is 10.9 Å². The molecule has 4 rings (SSSR count). The molecule has 0 bridgehead atoms. The second kappa shape index (κ2) is 9.51. The number of oxazole rings is 1. The van der Waals surface area contributed by atoms with Crippen LogP contribution in [-0.2, 0) is 7.05 Å². The number of alkyl halides is 3. The van der Waals surface area contributed by atoms with Gasteiger partial charge in [-0.25, -0.2) is 14.6 Å². The van der Waals surface area contributed by atoms with Gasteiger partial charge in [-0.3, -0.25) is 4.57 Å². The Morgan fingerprint density at radius 3 is 2.47 bits per heavy atom. The lowest BCUT2D eigenvalue weighted by atomic mass is 9.82. The van der Waals surface area contributed by atoms with Gasteiger partial charge in [0.15, 0.2) is 5.58 Å². The van der Waals surface area contributed by atoms with Crippen LogP contribution in [0.5, 0.6) is 11.6 Å². The Morgan fingerprint density at radius 2 is 1.86 bits per heavy atom. The molecule has 2 aromatic heterocycles. The first kappa shape index (κ1) is 25.6. The molecule has 0 radical (unpaired) electrons. The third kappa shape index (κ3) is 4.91. The molecule has 0 aliphatic rings. The third-order valence-electron chi connectivity index (χ3n) is 5.77. The van der Waals surface area contributed by atoms with E-state index in [9.17, 15) is 22.8 Å². The molecule has 0 saturated heterocycles. The molecule has 0 saturated carbocycles. The molecule has 1 N–H and O–H groups in total. The van der Waals surface area contributed by atoms with Crippen LogP contribution in [0.4, 0.5) is 13.2 Å². The molecule has 2 unspecified atom stereocenters. The Bertz CT molecular complexity index is 1530. The number of ether oxygens (including phenoxy) is 1. The molecule has 0 aliphatic carbocycles. The first-order valence-electron chi connectivity index (χ1n) is 10.4. The number of benzene rings is 2. The smallest absolute Gasteiger partial charge is 0.419 e. The minimum atomic E-state index is -4.62. The number of carboxylic acids is 1. The average Bonchev–Trinajstić information content (AvgIpc) is 3.06. The fourth-order valence-corrected chi connectivity index (χ4v) is 4.54. The topological polar surface area (TPSA) is 94.6 Å². The van der Waals surface area contributed by atoms with Crippen molar-refractivity contribution in [3.63, 3.8) is 0 Å². The van der Waals surface area contributed by atoms with E-state index in [0.717, 1.165) is 4.57 Å². The molecule has 36 heavy (non-hydrogen) atoms. The van der Waals surface area contributed by atoms with Crippen molar-refractivity contribution in [1.82, 2.24) is 9.55 Å². The second-order valence-electron chi connectivity index (χ2n) is 8.04. The summed E-state index contributed by atoms with van der Waals surface area (Å²) in [6.45, 7) is 1.41. The summed E-state index contributed by atoms with van der Waals surface area (Å²) in [5.41, 5.74) is 0.392. The van der Waals surface area contributed by atoms with Gasteiger partial charge in [0, 0.05) is 18.1 Å². The molecule has 2 heterocycles. The lowest BCUT2D eigenvalue weighted by Gasteiger charge is -2.28. The molecule has 0 spiro atoms. The van der Waals surface area contributed by atoms with Crippen molar-refractivity contribution in [2.45, 2.75) is 24.9 Å². The maximum atomic E-state index is 14.3. The number of fused-ring (bicyclic) bond motifs is 1. The normalized spacial score (nSPS) is 13.5. The van der Waals surface area contributed by atoms with Crippen LogP contribution in [0.1, 0.15) is 40.2 Å². The monoisotopic (exact) mass is 540 g/mol. The lowest BCUT2D eigenvalue weighted by molar-refractivity contribution is -0.154. The molecule has 2 atom stereocenters. The number of nitrogens with zero attached hydrogens (tertiary/aromatic N) is 2. The molecule has 4 aromatic rings. The SMILES string of the molecule is CC(c1ccc(Oc2ccc(C(=O)O)c(Cl)n2)cc1Cl)C(c1ccc2oc(=O)n(C)c2c1)C(F)(F)F. The van der Waals surface area contributed by atoms with Crippen molar-refractivity contribution in [3.8, 4) is 11.6 Å². The van der Waals surface area contributed by atoms with E-state index in [0.29, 0.717) is 0 Å². The summed E-state index contributed by atoms with van der Waals surface area (Å²) in [5.74, 6) is -4.81. The molecule has 0 amide bonds. The summed E-state index contributed by atoms with van der Waals surface area (Å²) in [6.07, 6.45) is -4.62. The van der Waals surface area contributed by atoms with E-state index < -0.39 is 29.7 Å². The zero-order valence-corrected chi connectivity index (χ0v) is 20.1. The van der Waals surface area contributed by atoms with Crippen molar-refractivity contribution in [3.05, 3.63) is 85.9 Å². The van der Waals surface area contributed by atoms with E-state index in [4.69, 9.17) is 37.5 Å². The fraction of sp³-hybridized carbons (Fsp3) is 0.208. The second-order valence-corrected chi connectivity index (χ2v) is 8.81. The van der Waals surface area contributed by atoms with Gasteiger partial charge in [-0.15, -0.1) is 0 Å². The number of carboxylic acid groups (broad SMARTS) is 1. The van der Waals surface area contributed by atoms with Crippen molar-refractivity contribution in [2.75, 3.05) is 0 Å². The number of rotatable bonds is 6. The highest BCUT2D eigenvalue weighted by molar-refractivity contribution is 6.32. The van der Waals surface area contributed by atoms with Gasteiger partial charge in [-0.1, -0.05) is 42.3 Å². The number of carbonyl (C=O) groups is 1. The van der Waals surface area contributed by atoms with Crippen molar-refractivity contribution >= 4 is 40.3 Å². The first-order chi connectivity index (χ1) is 16.9. The van der Waals surface area contributed by atoms with Gasteiger partial charge < -0.3 is 14.3 Å². The van der Waals surface area contributed by atoms with Crippen LogP contribution in [-0.4, -0.2) is 26.8 Å². The van der Waals surface area contributed by atoms with Crippen LogP contribution in [0.3, 0.4) is 0 Å². The number of hydrogen-bond acceptors (Lipinski definition) is 5. The summed E-state index contributed by atoms with van der Waals surface area (Å²) >= 11 is 12.2. The number of hydrogen-bond donors (Lipinski definition) is 1. The molecular weight excluding hydrogens is 524 g/mol. The highest BCUT2D eigenvalue weighted by atomic mass is 35.5. The van der Waals surface area contributed by atoms with Crippen molar-refractivity contribution in [2.24, 2.45) is 7.05 Å². The molecule has 188 valence electrons. The van der Waals surface area contributed by atoms with Crippen molar-refractivity contribution in [1.29, 1.82) is 0 Å². The maximum absolute atomic E-state index is 14.3. The Hall–Kier alpha value is -3.50. The number of aromatic nitrogens is 2. The quantitative estimate of drug-likeness (QED) is 0.271. The van der Waals surface area contributed by atoms with E-state index in [1.165, 1.54) is 62.5 Å². The minimum absolute atomic E-state index is 0.0194. The van der Waals surface area contributed by atoms with Crippen LogP contribution < -0.4 is 10.5 Å². The van der Waals surface area contributed by atoms with E-state index in [2.05, 4.69) is 4.98 Å². The van der Waals surface area contributed by atoms with E-state index in [1.54, 1.807) is 0 Å². The van der Waals surface area contributed by atoms with Crippen LogP contribution >= 0.6 is 23.2 Å². The number of pyridine rings is 1. The van der Waals surface area contributed by atoms with Crippen LogP contribution in [0.2, 0.25) is 10.2 Å². The summed E-state index contributed by atoms with van der Waals surface area (Å²) in [7, 11) is 1.41. The fourth-order valence-electron chi connectivity index (χ4n) is 3.97.